The molecule has 7 aromatic carbocycles. The summed E-state index contributed by atoms with van der Waals surface area (Å²) in [5.41, 5.74) is 9.59. The molecule has 44 heavy (non-hydrogen) atoms. The average Bonchev–Trinajstić information content (AvgIpc) is 3.11. The minimum absolute atomic E-state index is 1.01. The summed E-state index contributed by atoms with van der Waals surface area (Å²) in [7, 11) is 0. The zero-order chi connectivity index (χ0) is 29.9. The lowest BCUT2D eigenvalue weighted by atomic mass is 9.95. The van der Waals surface area contributed by atoms with Crippen molar-refractivity contribution in [3.8, 4) is 0 Å². The van der Waals surface area contributed by atoms with Crippen molar-refractivity contribution in [1.82, 2.24) is 0 Å². The van der Waals surface area contributed by atoms with Crippen LogP contribution in [0.1, 0.15) is 25.0 Å². The average molecular weight is 569 g/mol. The number of nitrogens with zero attached hydrogens (tertiary/aromatic N) is 2. The van der Waals surface area contributed by atoms with Crippen LogP contribution in [0.2, 0.25) is 0 Å². The fourth-order valence-corrected chi connectivity index (χ4v) is 6.29. The van der Waals surface area contributed by atoms with Gasteiger partial charge in [0.25, 0.3) is 0 Å². The molecule has 7 rings (SSSR count). The van der Waals surface area contributed by atoms with Gasteiger partial charge in [0.15, 0.2) is 0 Å². The molecule has 214 valence electrons. The summed E-state index contributed by atoms with van der Waals surface area (Å²) in [5.74, 6) is 0. The van der Waals surface area contributed by atoms with Crippen molar-refractivity contribution < 1.29 is 0 Å². The second kappa shape index (κ2) is 12.1. The van der Waals surface area contributed by atoms with Crippen LogP contribution in [0.25, 0.3) is 21.5 Å². The highest BCUT2D eigenvalue weighted by Gasteiger charge is 2.25. The molecule has 0 saturated heterocycles. The summed E-state index contributed by atoms with van der Waals surface area (Å²) in [6.45, 7) is 4.41. The largest absolute Gasteiger partial charge is 0.309 e. The quantitative estimate of drug-likeness (QED) is 0.133. The Hall–Kier alpha value is -5.34. The molecule has 0 N–H and O–H groups in total. The monoisotopic (exact) mass is 568 g/mol. The lowest BCUT2D eigenvalue weighted by Gasteiger charge is -2.33. The summed E-state index contributed by atoms with van der Waals surface area (Å²) in [6.07, 6.45) is 2.03. The van der Waals surface area contributed by atoms with E-state index in [4.69, 9.17) is 0 Å². The minimum Gasteiger partial charge on any atom is -0.309 e. The number of aryl methyl sites for hydroxylation is 2. The molecular weight excluding hydrogens is 532 g/mol. The van der Waals surface area contributed by atoms with E-state index < -0.39 is 0 Å². The molecule has 0 aliphatic heterocycles. The second-order valence-electron chi connectivity index (χ2n) is 11.2. The molecular formula is C42H36N2. The Balaban J connectivity index is 1.58. The fourth-order valence-electron chi connectivity index (χ4n) is 6.29. The normalized spacial score (nSPS) is 11.1. The van der Waals surface area contributed by atoms with Gasteiger partial charge in [0.2, 0.25) is 0 Å². The first-order valence-corrected chi connectivity index (χ1v) is 15.6. The van der Waals surface area contributed by atoms with E-state index in [-0.39, 0.29) is 0 Å². The highest BCUT2D eigenvalue weighted by molar-refractivity contribution is 6.23. The number of para-hydroxylation sites is 2. The lowest BCUT2D eigenvalue weighted by Crippen LogP contribution is -2.14. The Morgan fingerprint density at radius 2 is 0.591 bits per heavy atom. The van der Waals surface area contributed by atoms with Gasteiger partial charge < -0.3 is 9.80 Å². The fraction of sp³-hybridized carbons (Fsp3) is 0.0952. The lowest BCUT2D eigenvalue weighted by molar-refractivity contribution is 1.14. The molecule has 0 atom stereocenters. The van der Waals surface area contributed by atoms with Gasteiger partial charge in [-0.3, -0.25) is 0 Å². The second-order valence-corrected chi connectivity index (χ2v) is 11.2. The number of anilines is 6. The van der Waals surface area contributed by atoms with Crippen molar-refractivity contribution in [2.45, 2.75) is 26.7 Å². The van der Waals surface area contributed by atoms with Crippen molar-refractivity contribution in [1.29, 1.82) is 0 Å². The van der Waals surface area contributed by atoms with Crippen LogP contribution in [0.5, 0.6) is 0 Å². The summed E-state index contributed by atoms with van der Waals surface area (Å²) >= 11 is 0. The molecule has 2 nitrogen and oxygen atoms in total. The van der Waals surface area contributed by atoms with Crippen LogP contribution >= 0.6 is 0 Å². The highest BCUT2D eigenvalue weighted by Crippen LogP contribution is 2.50. The van der Waals surface area contributed by atoms with Gasteiger partial charge in [0, 0.05) is 44.3 Å². The molecule has 7 aromatic rings. The number of benzene rings is 7. The number of hydrogen-bond donors (Lipinski definition) is 0. The first kappa shape index (κ1) is 27.5. The van der Waals surface area contributed by atoms with E-state index in [1.165, 1.54) is 44.0 Å². The topological polar surface area (TPSA) is 6.48 Å². The molecule has 0 saturated carbocycles. The summed E-state index contributed by atoms with van der Waals surface area (Å²) in [5, 5.41) is 4.82. The predicted octanol–water partition coefficient (Wildman–Crippen LogP) is 12.1. The van der Waals surface area contributed by atoms with Crippen LogP contribution in [0, 0.1) is 0 Å². The van der Waals surface area contributed by atoms with Gasteiger partial charge in [0.1, 0.15) is 0 Å². The van der Waals surface area contributed by atoms with Crippen molar-refractivity contribution >= 4 is 55.7 Å². The Labute approximate surface area is 260 Å². The van der Waals surface area contributed by atoms with Gasteiger partial charge in [0.05, 0.1) is 11.4 Å². The van der Waals surface area contributed by atoms with Gasteiger partial charge in [-0.15, -0.1) is 0 Å². The molecule has 0 radical (unpaired) electrons. The maximum atomic E-state index is 2.43. The summed E-state index contributed by atoms with van der Waals surface area (Å²) in [4.78, 5) is 4.85. The predicted molar refractivity (Wildman–Crippen MR) is 190 cm³/mol. The van der Waals surface area contributed by atoms with Crippen molar-refractivity contribution in [3.63, 3.8) is 0 Å². The van der Waals surface area contributed by atoms with E-state index in [9.17, 15) is 0 Å². The number of fused-ring (bicyclic) bond motifs is 2. The van der Waals surface area contributed by atoms with Crippen LogP contribution in [0.4, 0.5) is 34.1 Å². The van der Waals surface area contributed by atoms with Crippen molar-refractivity contribution in [2.75, 3.05) is 9.80 Å². The van der Waals surface area contributed by atoms with Crippen molar-refractivity contribution in [3.05, 3.63) is 169 Å². The summed E-state index contributed by atoms with van der Waals surface area (Å²) < 4.78 is 0. The van der Waals surface area contributed by atoms with Gasteiger partial charge in [-0.25, -0.2) is 0 Å². The summed E-state index contributed by atoms with van der Waals surface area (Å²) in [6, 6.07) is 57.3. The Morgan fingerprint density at radius 3 is 0.886 bits per heavy atom. The zero-order valence-corrected chi connectivity index (χ0v) is 25.3. The van der Waals surface area contributed by atoms with E-state index in [0.717, 1.165) is 35.6 Å². The van der Waals surface area contributed by atoms with E-state index in [1.807, 2.05) is 0 Å². The molecule has 0 amide bonds. The maximum absolute atomic E-state index is 2.43. The third kappa shape index (κ3) is 4.99. The molecule has 0 unspecified atom stereocenters. The maximum Gasteiger partial charge on any atom is 0.0619 e. The minimum atomic E-state index is 1.01. The number of hydrogen-bond acceptors (Lipinski definition) is 2. The first-order valence-electron chi connectivity index (χ1n) is 15.6. The van der Waals surface area contributed by atoms with Gasteiger partial charge >= 0.3 is 0 Å². The van der Waals surface area contributed by atoms with E-state index in [2.05, 4.69) is 181 Å². The Kier molecular flexibility index (Phi) is 7.56. The van der Waals surface area contributed by atoms with Crippen LogP contribution in [-0.4, -0.2) is 0 Å². The van der Waals surface area contributed by atoms with E-state index >= 15 is 0 Å². The Morgan fingerprint density at radius 1 is 0.318 bits per heavy atom. The molecule has 0 aliphatic carbocycles. The SMILES string of the molecule is CCc1ccc(N(c2ccccc2)c2c3ccccc3c(N(c3ccccc3)c3ccc(CC)cc3)c3ccccc23)cc1. The molecule has 0 aromatic heterocycles. The zero-order valence-electron chi connectivity index (χ0n) is 25.3. The highest BCUT2D eigenvalue weighted by atomic mass is 15.2. The third-order valence-electron chi connectivity index (χ3n) is 8.56. The van der Waals surface area contributed by atoms with Gasteiger partial charge in [-0.05, 0) is 72.5 Å². The third-order valence-corrected chi connectivity index (χ3v) is 8.56. The van der Waals surface area contributed by atoms with Crippen LogP contribution in [0.3, 0.4) is 0 Å². The Bertz CT molecular complexity index is 1810. The molecule has 0 bridgehead atoms. The van der Waals surface area contributed by atoms with Gasteiger partial charge in [-0.1, -0.05) is 123 Å². The molecule has 0 fully saturated rings. The van der Waals surface area contributed by atoms with E-state index in [0.29, 0.717) is 0 Å². The smallest absolute Gasteiger partial charge is 0.0619 e. The van der Waals surface area contributed by atoms with Crippen LogP contribution < -0.4 is 9.80 Å². The van der Waals surface area contributed by atoms with Crippen LogP contribution in [-0.2, 0) is 12.8 Å². The number of rotatable bonds is 8. The molecule has 0 aliphatic rings. The van der Waals surface area contributed by atoms with E-state index in [1.54, 1.807) is 0 Å². The molecule has 2 heteroatoms. The standard InChI is InChI=1S/C42H36N2/c1-3-31-23-27-35(28-24-31)43(33-15-7-5-8-16-33)41-37-19-11-13-21-39(37)42(40-22-14-12-20-38(40)41)44(34-17-9-6-10-18-34)36-29-25-32(4-2)26-30-36/h5-30H,3-4H2,1-2H3. The van der Waals surface area contributed by atoms with Crippen molar-refractivity contribution in [2.24, 2.45) is 0 Å². The molecule has 0 heterocycles. The van der Waals surface area contributed by atoms with Crippen LogP contribution in [0.15, 0.2) is 158 Å². The van der Waals surface area contributed by atoms with Gasteiger partial charge in [-0.2, -0.15) is 0 Å². The molecule has 0 spiro atoms. The first-order chi connectivity index (χ1) is 21.8.